The number of carbonyl (C=O) groups excluding carboxylic acids is 1. The molecule has 1 aromatic carbocycles. The lowest BCUT2D eigenvalue weighted by atomic mass is 9.90. The van der Waals surface area contributed by atoms with Crippen molar-refractivity contribution in [1.29, 1.82) is 0 Å². The van der Waals surface area contributed by atoms with Crippen molar-refractivity contribution in [2.24, 2.45) is 5.92 Å². The number of carbonyl (C=O) groups is 2. The quantitative estimate of drug-likeness (QED) is 0.530. The highest BCUT2D eigenvalue weighted by molar-refractivity contribution is 7.60. The van der Waals surface area contributed by atoms with E-state index < -0.39 is 37.1 Å². The SMILES string of the molecule is COCP(=O)(N[C@](C)(C(=O)O)C(C)C)N1CC(COc2cc(C)cc(C)c2)OC1=O. The van der Waals surface area contributed by atoms with E-state index in [2.05, 4.69) is 5.09 Å². The Labute approximate surface area is 177 Å². The molecule has 10 heteroatoms. The van der Waals surface area contributed by atoms with Crippen molar-refractivity contribution in [3.05, 3.63) is 29.3 Å². The van der Waals surface area contributed by atoms with Crippen molar-refractivity contribution in [1.82, 2.24) is 9.76 Å². The number of hydrogen-bond donors (Lipinski definition) is 2. The average molecular weight is 442 g/mol. The maximum atomic E-state index is 13.6. The highest BCUT2D eigenvalue weighted by Crippen LogP contribution is 2.50. The molecule has 0 aliphatic carbocycles. The van der Waals surface area contributed by atoms with E-state index in [1.54, 1.807) is 13.8 Å². The molecule has 1 aromatic rings. The molecule has 1 heterocycles. The van der Waals surface area contributed by atoms with Crippen LogP contribution in [0.3, 0.4) is 0 Å². The number of cyclic esters (lactones) is 1. The van der Waals surface area contributed by atoms with Gasteiger partial charge in [-0.25, -0.2) is 14.6 Å². The molecule has 2 N–H and O–H groups in total. The van der Waals surface area contributed by atoms with E-state index in [0.29, 0.717) is 5.75 Å². The number of methoxy groups -OCH3 is 1. The number of aliphatic carboxylic acids is 1. The predicted octanol–water partition coefficient (Wildman–Crippen LogP) is 3.39. The molecule has 1 amide bonds. The fourth-order valence-electron chi connectivity index (χ4n) is 3.19. The van der Waals surface area contributed by atoms with Gasteiger partial charge in [-0.1, -0.05) is 19.9 Å². The normalized spacial score (nSPS) is 20.6. The summed E-state index contributed by atoms with van der Waals surface area (Å²) in [5, 5.41) is 12.4. The van der Waals surface area contributed by atoms with E-state index in [9.17, 15) is 19.3 Å². The number of aryl methyl sites for hydroxylation is 2. The van der Waals surface area contributed by atoms with E-state index >= 15 is 0 Å². The molecule has 0 bridgehead atoms. The van der Waals surface area contributed by atoms with Crippen LogP contribution in [0.5, 0.6) is 5.75 Å². The minimum absolute atomic E-state index is 0.00887. The molecule has 1 fully saturated rings. The van der Waals surface area contributed by atoms with Crippen LogP contribution in [0, 0.1) is 19.8 Å². The fraction of sp³-hybridized carbons (Fsp3) is 0.600. The lowest BCUT2D eigenvalue weighted by Crippen LogP contribution is -2.54. The highest BCUT2D eigenvalue weighted by atomic mass is 31.2. The maximum absolute atomic E-state index is 13.6. The summed E-state index contributed by atoms with van der Waals surface area (Å²) < 4.78 is 30.8. The lowest BCUT2D eigenvalue weighted by Gasteiger charge is -2.36. The first-order valence-corrected chi connectivity index (χ1v) is 11.6. The van der Waals surface area contributed by atoms with E-state index in [1.807, 2.05) is 32.0 Å². The first-order chi connectivity index (χ1) is 13.9. The summed E-state index contributed by atoms with van der Waals surface area (Å²) in [5.74, 6) is -0.919. The molecular weight excluding hydrogens is 411 g/mol. The number of amides is 1. The standard InChI is InChI=1S/C20H31N2O7P/c1-13(2)20(5,18(23)24)21-30(26,12-27-6)22-10-17(29-19(22)25)11-28-16-8-14(3)7-15(4)9-16/h7-9,13,17H,10-12H2,1-6H3,(H,21,26)(H,23,24)/t17?,20-,30?/m0/s1. The third kappa shape index (κ3) is 5.33. The minimum atomic E-state index is -3.75. The molecule has 168 valence electrons. The van der Waals surface area contributed by atoms with Gasteiger partial charge in [0.2, 0.25) is 0 Å². The summed E-state index contributed by atoms with van der Waals surface area (Å²) in [6.45, 7) is 8.81. The van der Waals surface area contributed by atoms with Crippen LogP contribution >= 0.6 is 7.44 Å². The van der Waals surface area contributed by atoms with Gasteiger partial charge in [0.1, 0.15) is 24.2 Å². The number of nitrogens with one attached hydrogen (secondary N) is 1. The number of hydrogen-bond acceptors (Lipinski definition) is 6. The summed E-state index contributed by atoms with van der Waals surface area (Å²) >= 11 is 0. The molecule has 1 aliphatic rings. The van der Waals surface area contributed by atoms with Gasteiger partial charge in [0.05, 0.1) is 6.54 Å². The minimum Gasteiger partial charge on any atom is -0.490 e. The summed E-state index contributed by atoms with van der Waals surface area (Å²) in [7, 11) is -2.41. The molecule has 0 spiro atoms. The second kappa shape index (κ2) is 9.37. The van der Waals surface area contributed by atoms with Crippen molar-refractivity contribution in [2.75, 3.05) is 26.6 Å². The van der Waals surface area contributed by atoms with Gasteiger partial charge < -0.3 is 19.3 Å². The lowest BCUT2D eigenvalue weighted by molar-refractivity contribution is -0.145. The fourth-order valence-corrected chi connectivity index (χ4v) is 5.70. The van der Waals surface area contributed by atoms with E-state index in [4.69, 9.17) is 14.2 Å². The number of ether oxygens (including phenoxy) is 3. The van der Waals surface area contributed by atoms with Gasteiger partial charge in [0.25, 0.3) is 7.44 Å². The van der Waals surface area contributed by atoms with Crippen molar-refractivity contribution >= 4 is 19.5 Å². The van der Waals surface area contributed by atoms with Gasteiger partial charge in [-0.3, -0.25) is 9.36 Å². The van der Waals surface area contributed by atoms with Crippen LogP contribution in [0.2, 0.25) is 0 Å². The largest absolute Gasteiger partial charge is 0.490 e. The summed E-state index contributed by atoms with van der Waals surface area (Å²) in [6.07, 6.45) is -1.80. The van der Waals surface area contributed by atoms with Crippen molar-refractivity contribution in [3.8, 4) is 5.75 Å². The molecule has 2 rings (SSSR count). The number of rotatable bonds is 10. The average Bonchev–Trinajstić information content (AvgIpc) is 3.00. The van der Waals surface area contributed by atoms with Gasteiger partial charge in [-0.2, -0.15) is 0 Å². The molecule has 2 unspecified atom stereocenters. The first kappa shape index (κ1) is 24.2. The van der Waals surface area contributed by atoms with Crippen molar-refractivity contribution in [2.45, 2.75) is 46.3 Å². The Kier molecular flexibility index (Phi) is 7.55. The monoisotopic (exact) mass is 442 g/mol. The molecule has 0 aromatic heterocycles. The molecular formula is C20H31N2O7P. The van der Waals surface area contributed by atoms with Crippen molar-refractivity contribution in [3.63, 3.8) is 0 Å². The summed E-state index contributed by atoms with van der Waals surface area (Å²) in [6, 6.07) is 5.77. The van der Waals surface area contributed by atoms with Gasteiger partial charge >= 0.3 is 12.1 Å². The zero-order valence-electron chi connectivity index (χ0n) is 18.3. The van der Waals surface area contributed by atoms with Crippen LogP contribution in [0.1, 0.15) is 31.9 Å². The van der Waals surface area contributed by atoms with Crippen LogP contribution < -0.4 is 9.82 Å². The van der Waals surface area contributed by atoms with E-state index in [1.165, 1.54) is 14.0 Å². The third-order valence-corrected chi connectivity index (χ3v) is 7.71. The Morgan fingerprint density at radius 1 is 1.37 bits per heavy atom. The van der Waals surface area contributed by atoms with Crippen LogP contribution in [-0.2, 0) is 18.8 Å². The molecule has 0 saturated carbocycles. The molecule has 3 atom stereocenters. The topological polar surface area (TPSA) is 114 Å². The second-order valence-electron chi connectivity index (χ2n) is 8.12. The van der Waals surface area contributed by atoms with Gasteiger partial charge in [0, 0.05) is 7.11 Å². The Bertz CT molecular complexity index is 824. The maximum Gasteiger partial charge on any atom is 0.416 e. The number of carboxylic acids is 1. The third-order valence-electron chi connectivity index (χ3n) is 5.19. The zero-order valence-corrected chi connectivity index (χ0v) is 19.2. The molecule has 30 heavy (non-hydrogen) atoms. The molecule has 9 nitrogen and oxygen atoms in total. The molecule has 1 aliphatic heterocycles. The zero-order chi connectivity index (χ0) is 22.7. The highest BCUT2D eigenvalue weighted by Gasteiger charge is 2.49. The van der Waals surface area contributed by atoms with Gasteiger partial charge in [-0.05, 0) is 49.9 Å². The summed E-state index contributed by atoms with van der Waals surface area (Å²) in [5.41, 5.74) is 0.568. The Morgan fingerprint density at radius 2 is 1.97 bits per heavy atom. The molecule has 1 saturated heterocycles. The predicted molar refractivity (Wildman–Crippen MR) is 112 cm³/mol. The van der Waals surface area contributed by atoms with E-state index in [0.717, 1.165) is 15.8 Å². The van der Waals surface area contributed by atoms with Crippen LogP contribution in [0.4, 0.5) is 4.79 Å². The van der Waals surface area contributed by atoms with Crippen molar-refractivity contribution < 1.29 is 33.5 Å². The Morgan fingerprint density at radius 3 is 2.47 bits per heavy atom. The number of benzene rings is 1. The Balaban J connectivity index is 2.16. The van der Waals surface area contributed by atoms with Gasteiger partial charge in [-0.15, -0.1) is 0 Å². The summed E-state index contributed by atoms with van der Waals surface area (Å²) in [4.78, 5) is 24.3. The molecule has 0 radical (unpaired) electrons. The van der Waals surface area contributed by atoms with Gasteiger partial charge in [0.15, 0.2) is 6.10 Å². The van der Waals surface area contributed by atoms with Crippen LogP contribution in [0.15, 0.2) is 18.2 Å². The smallest absolute Gasteiger partial charge is 0.416 e. The van der Waals surface area contributed by atoms with Crippen LogP contribution in [-0.4, -0.2) is 60.1 Å². The first-order valence-electron chi connectivity index (χ1n) is 9.72. The number of carboxylic acid groups (broad SMARTS) is 1. The number of nitrogens with zero attached hydrogens (tertiary/aromatic N) is 1. The second-order valence-corrected chi connectivity index (χ2v) is 10.5. The van der Waals surface area contributed by atoms with E-state index in [-0.39, 0.29) is 19.5 Å². The Hall–Kier alpha value is -2.09. The van der Waals surface area contributed by atoms with Crippen LogP contribution in [0.25, 0.3) is 0 Å².